The van der Waals surface area contributed by atoms with E-state index >= 15 is 0 Å². The van der Waals surface area contributed by atoms with Gasteiger partial charge in [0.25, 0.3) is 11.7 Å². The van der Waals surface area contributed by atoms with Crippen molar-refractivity contribution in [1.29, 1.82) is 0 Å². The van der Waals surface area contributed by atoms with Gasteiger partial charge in [-0.1, -0.05) is 46.8 Å². The fourth-order valence-corrected chi connectivity index (χ4v) is 3.91. The van der Waals surface area contributed by atoms with E-state index in [1.807, 2.05) is 19.0 Å². The molecular weight excluding hydrogens is 488 g/mol. The maximum absolute atomic E-state index is 13.1. The molecule has 0 radical (unpaired) electrons. The summed E-state index contributed by atoms with van der Waals surface area (Å²) < 4.78 is 12.0. The first kappa shape index (κ1) is 24.5. The maximum atomic E-state index is 13.1. The molecule has 7 nitrogen and oxygen atoms in total. The van der Waals surface area contributed by atoms with Crippen molar-refractivity contribution in [3.63, 3.8) is 0 Å². The van der Waals surface area contributed by atoms with Crippen LogP contribution in [0.25, 0.3) is 5.76 Å². The van der Waals surface area contributed by atoms with Crippen molar-refractivity contribution in [2.24, 2.45) is 0 Å². The van der Waals surface area contributed by atoms with Crippen LogP contribution >= 0.6 is 15.9 Å². The van der Waals surface area contributed by atoms with Gasteiger partial charge in [0.1, 0.15) is 12.4 Å². The van der Waals surface area contributed by atoms with Gasteiger partial charge in [-0.05, 0) is 43.9 Å². The molecule has 3 rings (SSSR count). The van der Waals surface area contributed by atoms with Crippen molar-refractivity contribution in [2.75, 3.05) is 40.9 Å². The second-order valence-electron chi connectivity index (χ2n) is 7.81. The number of carbonyl (C=O) groups excluding carboxylic acids is 2. The molecule has 0 saturated carbocycles. The summed E-state index contributed by atoms with van der Waals surface area (Å²) in [5, 5.41) is 11.1. The first-order valence-corrected chi connectivity index (χ1v) is 11.2. The van der Waals surface area contributed by atoms with Crippen LogP contribution < -0.4 is 9.47 Å². The average molecular weight is 515 g/mol. The van der Waals surface area contributed by atoms with Crippen LogP contribution in [0.15, 0.2) is 65.2 Å². The molecule has 0 aliphatic carbocycles. The van der Waals surface area contributed by atoms with Gasteiger partial charge < -0.3 is 24.4 Å². The summed E-state index contributed by atoms with van der Waals surface area (Å²) in [7, 11) is 5.30. The van der Waals surface area contributed by atoms with Gasteiger partial charge in [0, 0.05) is 23.1 Å². The minimum Gasteiger partial charge on any atom is -0.507 e. The lowest BCUT2D eigenvalue weighted by atomic mass is 9.95. The van der Waals surface area contributed by atoms with E-state index in [4.69, 9.17) is 9.47 Å². The number of carbonyl (C=O) groups is 2. The molecule has 2 aromatic rings. The Kier molecular flexibility index (Phi) is 7.94. The predicted octanol–water partition coefficient (Wildman–Crippen LogP) is 4.01. The minimum absolute atomic E-state index is 0.0443. The molecule has 2 aromatic carbocycles. The number of hydrogen-bond donors (Lipinski definition) is 1. The fraction of sp³-hybridized carbons (Fsp3) is 0.280. The molecule has 0 aromatic heterocycles. The van der Waals surface area contributed by atoms with Gasteiger partial charge >= 0.3 is 0 Å². The monoisotopic (exact) mass is 514 g/mol. The summed E-state index contributed by atoms with van der Waals surface area (Å²) in [6.07, 6.45) is 1.63. The lowest BCUT2D eigenvalue weighted by Gasteiger charge is -2.27. The normalized spacial score (nSPS) is 17.5. The number of likely N-dealkylation sites (N-methyl/N-ethyl adjacent to an activating group) is 1. The number of methoxy groups -OCH3 is 1. The van der Waals surface area contributed by atoms with Gasteiger partial charge in [0.15, 0.2) is 11.5 Å². The Morgan fingerprint density at radius 2 is 1.88 bits per heavy atom. The molecule has 1 unspecified atom stereocenters. The number of ketones is 1. The topological polar surface area (TPSA) is 79.3 Å². The first-order chi connectivity index (χ1) is 15.8. The Morgan fingerprint density at radius 1 is 1.18 bits per heavy atom. The summed E-state index contributed by atoms with van der Waals surface area (Å²) in [5.74, 6) is -0.615. The van der Waals surface area contributed by atoms with E-state index in [9.17, 15) is 14.7 Å². The van der Waals surface area contributed by atoms with Crippen molar-refractivity contribution in [1.82, 2.24) is 9.80 Å². The number of ether oxygens (including phenoxy) is 2. The molecule has 8 heteroatoms. The van der Waals surface area contributed by atoms with Gasteiger partial charge in [-0.25, -0.2) is 0 Å². The summed E-state index contributed by atoms with van der Waals surface area (Å²) in [6.45, 7) is 4.83. The number of hydrogen-bond acceptors (Lipinski definition) is 6. The highest BCUT2D eigenvalue weighted by molar-refractivity contribution is 9.10. The molecule has 1 amide bonds. The van der Waals surface area contributed by atoms with E-state index in [0.29, 0.717) is 42.3 Å². The Morgan fingerprint density at radius 3 is 2.48 bits per heavy atom. The number of likely N-dealkylation sites (tertiary alicyclic amines) is 1. The Hall–Kier alpha value is -3.10. The second-order valence-corrected chi connectivity index (χ2v) is 8.73. The van der Waals surface area contributed by atoms with Crippen molar-refractivity contribution in [2.45, 2.75) is 6.04 Å². The number of nitrogens with zero attached hydrogens (tertiary/aromatic N) is 2. The van der Waals surface area contributed by atoms with Crippen LogP contribution in [0.3, 0.4) is 0 Å². The fourth-order valence-electron chi connectivity index (χ4n) is 3.65. The number of aliphatic hydroxyl groups excluding tert-OH is 1. The molecule has 1 aliphatic rings. The quantitative estimate of drug-likeness (QED) is 0.236. The van der Waals surface area contributed by atoms with Gasteiger partial charge in [0.2, 0.25) is 0 Å². The van der Waals surface area contributed by atoms with E-state index in [-0.39, 0.29) is 11.3 Å². The highest BCUT2D eigenvalue weighted by atomic mass is 79.9. The lowest BCUT2D eigenvalue weighted by Crippen LogP contribution is -2.35. The largest absolute Gasteiger partial charge is 0.507 e. The van der Waals surface area contributed by atoms with Crippen LogP contribution in [0.1, 0.15) is 17.2 Å². The van der Waals surface area contributed by atoms with Gasteiger partial charge in [-0.15, -0.1) is 0 Å². The van der Waals surface area contributed by atoms with Crippen LogP contribution in [-0.2, 0) is 9.59 Å². The number of aliphatic hydroxyl groups is 1. The van der Waals surface area contributed by atoms with Crippen molar-refractivity contribution < 1.29 is 24.2 Å². The first-order valence-electron chi connectivity index (χ1n) is 10.4. The Labute approximate surface area is 202 Å². The van der Waals surface area contributed by atoms with Crippen LogP contribution in [0.2, 0.25) is 0 Å². The van der Waals surface area contributed by atoms with Crippen LogP contribution in [0.4, 0.5) is 0 Å². The van der Waals surface area contributed by atoms with Gasteiger partial charge in [-0.2, -0.15) is 0 Å². The zero-order valence-corrected chi connectivity index (χ0v) is 20.5. The standard InChI is InChI=1S/C25H27BrN2O5/c1-5-14-33-19-11-8-17(15-20(19)32-4)22-21(23(29)16-6-9-18(26)10-7-16)24(30)25(31)28(22)13-12-27(2)3/h5-11,15,22,29H,1,12-14H2,2-4H3/b23-21+. The third-order valence-corrected chi connectivity index (χ3v) is 5.83. The van der Waals surface area contributed by atoms with Crippen LogP contribution in [-0.4, -0.2) is 67.5 Å². The molecule has 1 atom stereocenters. The lowest BCUT2D eigenvalue weighted by molar-refractivity contribution is -0.140. The molecule has 1 N–H and O–H groups in total. The smallest absolute Gasteiger partial charge is 0.295 e. The van der Waals surface area contributed by atoms with Crippen LogP contribution in [0.5, 0.6) is 11.5 Å². The summed E-state index contributed by atoms with van der Waals surface area (Å²) in [4.78, 5) is 29.5. The number of rotatable bonds is 9. The van der Waals surface area contributed by atoms with Crippen molar-refractivity contribution >= 4 is 33.4 Å². The number of halogens is 1. The molecule has 33 heavy (non-hydrogen) atoms. The molecule has 1 saturated heterocycles. The summed E-state index contributed by atoms with van der Waals surface area (Å²) >= 11 is 3.37. The summed E-state index contributed by atoms with van der Waals surface area (Å²) in [5.41, 5.74) is 1.13. The predicted molar refractivity (Wildman–Crippen MR) is 130 cm³/mol. The second kappa shape index (κ2) is 10.7. The number of benzene rings is 2. The summed E-state index contributed by atoms with van der Waals surface area (Å²) in [6, 6.07) is 11.4. The zero-order chi connectivity index (χ0) is 24.1. The number of Topliss-reactive ketones (excluding diaryl/α,β-unsaturated/α-hetero) is 1. The number of amides is 1. The van der Waals surface area contributed by atoms with E-state index in [0.717, 1.165) is 4.47 Å². The van der Waals surface area contributed by atoms with E-state index in [1.54, 1.807) is 48.5 Å². The van der Waals surface area contributed by atoms with Gasteiger partial charge in [-0.3, -0.25) is 9.59 Å². The Bertz CT molecular complexity index is 1080. The molecule has 1 fully saturated rings. The average Bonchev–Trinajstić information content (AvgIpc) is 3.06. The van der Waals surface area contributed by atoms with E-state index in [1.165, 1.54) is 12.0 Å². The maximum Gasteiger partial charge on any atom is 0.295 e. The zero-order valence-electron chi connectivity index (χ0n) is 18.9. The highest BCUT2D eigenvalue weighted by Crippen LogP contribution is 2.42. The van der Waals surface area contributed by atoms with E-state index < -0.39 is 17.7 Å². The molecule has 0 bridgehead atoms. The molecule has 1 aliphatic heterocycles. The third kappa shape index (κ3) is 5.29. The van der Waals surface area contributed by atoms with Gasteiger partial charge in [0.05, 0.1) is 18.7 Å². The van der Waals surface area contributed by atoms with Crippen LogP contribution in [0, 0.1) is 0 Å². The Balaban J connectivity index is 2.15. The molecular formula is C25H27BrN2O5. The van der Waals surface area contributed by atoms with Crippen molar-refractivity contribution in [3.05, 3.63) is 76.3 Å². The molecule has 0 spiro atoms. The molecule has 1 heterocycles. The molecule has 174 valence electrons. The third-order valence-electron chi connectivity index (χ3n) is 5.31. The van der Waals surface area contributed by atoms with E-state index in [2.05, 4.69) is 22.5 Å². The van der Waals surface area contributed by atoms with Crippen molar-refractivity contribution in [3.8, 4) is 11.5 Å². The highest BCUT2D eigenvalue weighted by Gasteiger charge is 2.46. The minimum atomic E-state index is -0.768. The SMILES string of the molecule is C=CCOc1ccc(C2/C(=C(\O)c3ccc(Br)cc3)C(=O)C(=O)N2CCN(C)C)cc1OC.